The number of hydrogen-bond donors (Lipinski definition) is 1. The molecule has 0 amide bonds. The molecule has 0 radical (unpaired) electrons. The quantitative estimate of drug-likeness (QED) is 0.854. The summed E-state index contributed by atoms with van der Waals surface area (Å²) in [5.41, 5.74) is 2.60. The fourth-order valence-electron chi connectivity index (χ4n) is 2.27. The second-order valence-electron chi connectivity index (χ2n) is 4.17. The summed E-state index contributed by atoms with van der Waals surface area (Å²) >= 11 is 1.60. The van der Waals surface area contributed by atoms with Gasteiger partial charge in [-0.2, -0.15) is 16.4 Å². The molecule has 0 saturated carbocycles. The van der Waals surface area contributed by atoms with Gasteiger partial charge in [-0.3, -0.25) is 4.79 Å². The van der Waals surface area contributed by atoms with Crippen molar-refractivity contribution in [3.63, 3.8) is 0 Å². The van der Waals surface area contributed by atoms with Gasteiger partial charge in [0.25, 0.3) is 5.56 Å². The fraction of sp³-hybridized carbons (Fsp3) is 0.286. The Kier molecular flexibility index (Phi) is 4.37. The molecule has 98 valence electrons. The summed E-state index contributed by atoms with van der Waals surface area (Å²) in [4.78, 5) is 14.2. The summed E-state index contributed by atoms with van der Waals surface area (Å²) in [6, 6.07) is 1.98. The summed E-state index contributed by atoms with van der Waals surface area (Å²) in [5.74, 6) is 0. The lowest BCUT2D eigenvalue weighted by Gasteiger charge is -2.19. The number of aromatic amines is 1. The fourth-order valence-corrected chi connectivity index (χ4v) is 2.92. The zero-order valence-electron chi connectivity index (χ0n) is 10.5. The summed E-state index contributed by atoms with van der Waals surface area (Å²) in [6.45, 7) is 2.03. The molecular formula is C14H15N3OS. The average Bonchev–Trinajstić information content (AvgIpc) is 3.14. The van der Waals surface area contributed by atoms with Crippen LogP contribution in [0.1, 0.15) is 12.8 Å². The third kappa shape index (κ3) is 2.69. The molecular weight excluding hydrogens is 258 g/mol. The molecule has 0 aromatic carbocycles. The second kappa shape index (κ2) is 6.21. The van der Waals surface area contributed by atoms with E-state index in [2.05, 4.69) is 27.9 Å². The molecule has 19 heavy (non-hydrogen) atoms. The molecule has 1 saturated heterocycles. The van der Waals surface area contributed by atoms with Crippen LogP contribution in [0, 0.1) is 12.8 Å². The van der Waals surface area contributed by atoms with E-state index in [9.17, 15) is 4.79 Å². The highest BCUT2D eigenvalue weighted by Gasteiger charge is 2.19. The van der Waals surface area contributed by atoms with E-state index in [4.69, 9.17) is 0 Å². The van der Waals surface area contributed by atoms with Crippen LogP contribution in [0.4, 0.5) is 5.69 Å². The Bertz CT molecular complexity index is 595. The molecule has 0 atom stereocenters. The van der Waals surface area contributed by atoms with Crippen molar-refractivity contribution < 1.29 is 0 Å². The number of terminal acetylenes is 1. The first-order valence-electron chi connectivity index (χ1n) is 6.05. The Hall–Kier alpha value is -2.06. The van der Waals surface area contributed by atoms with Gasteiger partial charge in [-0.05, 0) is 29.7 Å². The first-order chi connectivity index (χ1) is 9.36. The van der Waals surface area contributed by atoms with Crippen molar-refractivity contribution in [2.45, 2.75) is 12.8 Å². The lowest BCUT2D eigenvalue weighted by atomic mass is 10.1. The van der Waals surface area contributed by atoms with Crippen LogP contribution >= 0.6 is 11.3 Å². The Balaban J connectivity index is 0.000000637. The minimum absolute atomic E-state index is 0.104. The maximum Gasteiger partial charge on any atom is 0.274 e. The van der Waals surface area contributed by atoms with Gasteiger partial charge in [0.05, 0.1) is 17.4 Å². The van der Waals surface area contributed by atoms with Crippen LogP contribution in [0.3, 0.4) is 0 Å². The van der Waals surface area contributed by atoms with E-state index in [0.29, 0.717) is 0 Å². The molecule has 1 aliphatic rings. The van der Waals surface area contributed by atoms with Crippen molar-refractivity contribution >= 4 is 17.0 Å². The monoisotopic (exact) mass is 273 g/mol. The molecule has 3 heterocycles. The molecule has 2 aromatic heterocycles. The van der Waals surface area contributed by atoms with Gasteiger partial charge < -0.3 is 4.90 Å². The predicted octanol–water partition coefficient (Wildman–Crippen LogP) is 2.35. The highest BCUT2D eigenvalue weighted by Crippen LogP contribution is 2.30. The Morgan fingerprint density at radius 2 is 2.05 bits per heavy atom. The zero-order valence-corrected chi connectivity index (χ0v) is 11.3. The van der Waals surface area contributed by atoms with Gasteiger partial charge in [-0.25, -0.2) is 5.10 Å². The van der Waals surface area contributed by atoms with Crippen LogP contribution in [0.5, 0.6) is 0 Å². The maximum atomic E-state index is 12.0. The SMILES string of the molecule is C#C.O=c1[nH]ncc(N2CCCC2)c1-c1ccsc1. The number of H-pyrrole nitrogens is 1. The second-order valence-corrected chi connectivity index (χ2v) is 4.95. The predicted molar refractivity (Wildman–Crippen MR) is 79.5 cm³/mol. The van der Waals surface area contributed by atoms with Gasteiger partial charge in [-0.1, -0.05) is 0 Å². The van der Waals surface area contributed by atoms with Crippen molar-refractivity contribution in [3.05, 3.63) is 33.4 Å². The molecule has 0 bridgehead atoms. The van der Waals surface area contributed by atoms with E-state index in [0.717, 1.165) is 29.9 Å². The number of anilines is 1. The van der Waals surface area contributed by atoms with Crippen molar-refractivity contribution in [2.24, 2.45) is 0 Å². The van der Waals surface area contributed by atoms with Gasteiger partial charge in [0, 0.05) is 18.7 Å². The molecule has 4 nitrogen and oxygen atoms in total. The molecule has 0 unspecified atom stereocenters. The topological polar surface area (TPSA) is 49.0 Å². The molecule has 0 spiro atoms. The number of rotatable bonds is 2. The lowest BCUT2D eigenvalue weighted by Crippen LogP contribution is -2.23. The van der Waals surface area contributed by atoms with Crippen LogP contribution in [0.2, 0.25) is 0 Å². The first kappa shape index (κ1) is 13.4. The molecule has 3 rings (SSSR count). The van der Waals surface area contributed by atoms with E-state index in [1.54, 1.807) is 17.5 Å². The smallest absolute Gasteiger partial charge is 0.274 e. The number of nitrogens with zero attached hydrogens (tertiary/aromatic N) is 2. The maximum absolute atomic E-state index is 12.0. The largest absolute Gasteiger partial charge is 0.370 e. The van der Waals surface area contributed by atoms with Crippen molar-refractivity contribution in [3.8, 4) is 24.0 Å². The molecule has 1 N–H and O–H groups in total. The van der Waals surface area contributed by atoms with Gasteiger partial charge >= 0.3 is 0 Å². The van der Waals surface area contributed by atoms with Crippen molar-refractivity contribution in [1.82, 2.24) is 10.2 Å². The number of aromatic nitrogens is 2. The van der Waals surface area contributed by atoms with Gasteiger partial charge in [0.15, 0.2) is 0 Å². The summed E-state index contributed by atoms with van der Waals surface area (Å²) < 4.78 is 0. The zero-order chi connectivity index (χ0) is 13.7. The van der Waals surface area contributed by atoms with E-state index in [1.165, 1.54) is 12.8 Å². The molecule has 1 aliphatic heterocycles. The third-order valence-corrected chi connectivity index (χ3v) is 3.78. The molecule has 1 fully saturated rings. The first-order valence-corrected chi connectivity index (χ1v) is 6.99. The number of thiophene rings is 1. The Labute approximate surface area is 116 Å². The van der Waals surface area contributed by atoms with E-state index >= 15 is 0 Å². The van der Waals surface area contributed by atoms with E-state index in [-0.39, 0.29) is 5.56 Å². The lowest BCUT2D eigenvalue weighted by molar-refractivity contribution is 0.924. The van der Waals surface area contributed by atoms with E-state index < -0.39 is 0 Å². The molecule has 5 heteroatoms. The van der Waals surface area contributed by atoms with Crippen LogP contribution in [0.15, 0.2) is 27.8 Å². The minimum Gasteiger partial charge on any atom is -0.370 e. The van der Waals surface area contributed by atoms with E-state index in [1.807, 2.05) is 16.8 Å². The summed E-state index contributed by atoms with van der Waals surface area (Å²) in [5, 5.41) is 10.4. The average molecular weight is 273 g/mol. The molecule has 2 aromatic rings. The highest BCUT2D eigenvalue weighted by atomic mass is 32.1. The highest BCUT2D eigenvalue weighted by molar-refractivity contribution is 7.08. The Morgan fingerprint density at radius 1 is 1.32 bits per heavy atom. The van der Waals surface area contributed by atoms with Crippen LogP contribution in [-0.2, 0) is 0 Å². The number of nitrogens with one attached hydrogen (secondary N) is 1. The Morgan fingerprint density at radius 3 is 2.68 bits per heavy atom. The standard InChI is InChI=1S/C12H13N3OS.C2H2/c16-12-11(9-3-6-17-8-9)10(7-13-14-12)15-4-1-2-5-15;1-2/h3,6-8H,1-2,4-5H2,(H,14,16);1-2H. The normalized spacial score (nSPS) is 13.9. The van der Waals surface area contributed by atoms with Crippen molar-refractivity contribution in [1.29, 1.82) is 0 Å². The van der Waals surface area contributed by atoms with Gasteiger partial charge in [0.1, 0.15) is 0 Å². The third-order valence-electron chi connectivity index (χ3n) is 3.09. The minimum atomic E-state index is -0.104. The summed E-state index contributed by atoms with van der Waals surface area (Å²) in [7, 11) is 0. The number of hydrogen-bond acceptors (Lipinski definition) is 4. The van der Waals surface area contributed by atoms with Gasteiger partial charge in [0.2, 0.25) is 0 Å². The summed E-state index contributed by atoms with van der Waals surface area (Å²) in [6.07, 6.45) is 12.1. The van der Waals surface area contributed by atoms with Crippen LogP contribution < -0.4 is 10.5 Å². The van der Waals surface area contributed by atoms with Crippen molar-refractivity contribution in [2.75, 3.05) is 18.0 Å². The van der Waals surface area contributed by atoms with Crippen LogP contribution in [0.25, 0.3) is 11.1 Å². The molecule has 0 aliphatic carbocycles. The van der Waals surface area contributed by atoms with Crippen LogP contribution in [-0.4, -0.2) is 23.3 Å². The van der Waals surface area contributed by atoms with Gasteiger partial charge in [-0.15, -0.1) is 12.8 Å².